The second-order valence-corrected chi connectivity index (χ2v) is 6.80. The Hall–Kier alpha value is -2.58. The van der Waals surface area contributed by atoms with Gasteiger partial charge < -0.3 is 4.90 Å². The number of carbonyl (C=O) groups excluding carboxylic acids is 2. The summed E-state index contributed by atoms with van der Waals surface area (Å²) in [5.74, 6) is -1.11. The maximum absolute atomic E-state index is 13.1. The molecule has 0 aliphatic carbocycles. The quantitative estimate of drug-likeness (QED) is 0.483. The van der Waals surface area contributed by atoms with Crippen molar-refractivity contribution >= 4 is 11.7 Å². The van der Waals surface area contributed by atoms with Crippen LogP contribution in [0.2, 0.25) is 0 Å². The van der Waals surface area contributed by atoms with Crippen LogP contribution in [-0.2, 0) is 17.1 Å². The standard InChI is InChI=1S/C20H19F6NO2/c1-3-4-12(2)7-16-11-17(28)5-6-27(16)18(29)13-8-14(19(21,22)23)10-15(9-13)20(24,25)26/h3-4,8-10,16H,2,5-7,11H2,1H3/b4-3-. The Morgan fingerprint density at radius 1 is 1.14 bits per heavy atom. The second-order valence-electron chi connectivity index (χ2n) is 6.80. The Kier molecular flexibility index (Phi) is 6.60. The number of hydrogen-bond acceptors (Lipinski definition) is 2. The van der Waals surface area contributed by atoms with Crippen molar-refractivity contribution in [2.75, 3.05) is 6.54 Å². The van der Waals surface area contributed by atoms with Gasteiger partial charge in [0.1, 0.15) is 5.78 Å². The van der Waals surface area contributed by atoms with Crippen molar-refractivity contribution in [3.8, 4) is 0 Å². The number of nitrogens with zero attached hydrogens (tertiary/aromatic N) is 1. The Bertz CT molecular complexity index is 806. The molecule has 0 saturated carbocycles. The fourth-order valence-electron chi connectivity index (χ4n) is 3.20. The van der Waals surface area contributed by atoms with Crippen LogP contribution in [-0.4, -0.2) is 29.2 Å². The molecule has 0 bridgehead atoms. The van der Waals surface area contributed by atoms with Gasteiger partial charge in [-0.2, -0.15) is 26.3 Å². The molecule has 1 aliphatic heterocycles. The summed E-state index contributed by atoms with van der Waals surface area (Å²) in [5.41, 5.74) is -3.24. The summed E-state index contributed by atoms with van der Waals surface area (Å²) in [5, 5.41) is 0. The lowest BCUT2D eigenvalue weighted by Gasteiger charge is -2.35. The molecule has 1 fully saturated rings. The summed E-state index contributed by atoms with van der Waals surface area (Å²) in [6.45, 7) is 5.45. The first-order valence-electron chi connectivity index (χ1n) is 8.75. The van der Waals surface area contributed by atoms with Crippen LogP contribution in [0.15, 0.2) is 42.5 Å². The van der Waals surface area contributed by atoms with E-state index in [0.717, 1.165) is 4.90 Å². The number of allylic oxidation sites excluding steroid dienone is 2. The van der Waals surface area contributed by atoms with Gasteiger partial charge >= 0.3 is 12.4 Å². The molecular weight excluding hydrogens is 400 g/mol. The monoisotopic (exact) mass is 419 g/mol. The topological polar surface area (TPSA) is 37.4 Å². The van der Waals surface area contributed by atoms with Crippen molar-refractivity contribution in [1.29, 1.82) is 0 Å². The predicted molar refractivity (Wildman–Crippen MR) is 94.1 cm³/mol. The second kappa shape index (κ2) is 8.42. The van der Waals surface area contributed by atoms with Crippen LogP contribution in [0.25, 0.3) is 0 Å². The third-order valence-electron chi connectivity index (χ3n) is 4.53. The highest BCUT2D eigenvalue weighted by molar-refractivity contribution is 5.96. The van der Waals surface area contributed by atoms with E-state index in [2.05, 4.69) is 6.58 Å². The first-order valence-corrected chi connectivity index (χ1v) is 8.75. The van der Waals surface area contributed by atoms with E-state index in [0.29, 0.717) is 17.7 Å². The van der Waals surface area contributed by atoms with Gasteiger partial charge in [0.15, 0.2) is 0 Å². The summed E-state index contributed by atoms with van der Waals surface area (Å²) in [6, 6.07) is 0.107. The Balaban J connectivity index is 2.44. The van der Waals surface area contributed by atoms with E-state index in [-0.39, 0.29) is 37.7 Å². The number of piperidine rings is 1. The number of hydrogen-bond donors (Lipinski definition) is 0. The van der Waals surface area contributed by atoms with Gasteiger partial charge in [-0.25, -0.2) is 0 Å². The first kappa shape index (κ1) is 22.7. The van der Waals surface area contributed by atoms with Crippen LogP contribution in [0.1, 0.15) is 47.7 Å². The number of likely N-dealkylation sites (tertiary alicyclic amines) is 1. The molecule has 1 aliphatic rings. The number of ketones is 1. The molecular formula is C20H19F6NO2. The van der Waals surface area contributed by atoms with E-state index in [9.17, 15) is 35.9 Å². The van der Waals surface area contributed by atoms with Crippen molar-refractivity contribution in [2.45, 2.75) is 44.6 Å². The lowest BCUT2D eigenvalue weighted by Crippen LogP contribution is -2.46. The van der Waals surface area contributed by atoms with E-state index in [4.69, 9.17) is 0 Å². The molecule has 0 radical (unpaired) electrons. The summed E-state index contributed by atoms with van der Waals surface area (Å²) in [4.78, 5) is 25.8. The highest BCUT2D eigenvalue weighted by atomic mass is 19.4. The normalized spacial score (nSPS) is 18.4. The molecule has 3 nitrogen and oxygen atoms in total. The van der Waals surface area contributed by atoms with Gasteiger partial charge in [0.2, 0.25) is 0 Å². The van der Waals surface area contributed by atoms with Crippen LogP contribution in [0.4, 0.5) is 26.3 Å². The van der Waals surface area contributed by atoms with Gasteiger partial charge in [-0.3, -0.25) is 9.59 Å². The SMILES string of the molecule is C=C(/C=C\C)CC1CC(=O)CCN1C(=O)c1cc(C(F)(F)F)cc(C(F)(F)F)c1. The number of carbonyl (C=O) groups is 2. The third-order valence-corrected chi connectivity index (χ3v) is 4.53. The zero-order chi connectivity index (χ0) is 22.0. The van der Waals surface area contributed by atoms with Gasteiger partial charge in [0, 0.05) is 31.0 Å². The minimum Gasteiger partial charge on any atom is -0.334 e. The van der Waals surface area contributed by atoms with Crippen LogP contribution >= 0.6 is 0 Å². The molecule has 0 spiro atoms. The molecule has 1 heterocycles. The van der Waals surface area contributed by atoms with Crippen molar-refractivity contribution in [2.24, 2.45) is 0 Å². The molecule has 2 rings (SSSR count). The van der Waals surface area contributed by atoms with Crippen molar-refractivity contribution in [3.05, 3.63) is 59.2 Å². The van der Waals surface area contributed by atoms with Crippen molar-refractivity contribution in [3.63, 3.8) is 0 Å². The predicted octanol–water partition coefficient (Wildman–Crippen LogP) is 5.42. The van der Waals surface area contributed by atoms with E-state index < -0.39 is 41.0 Å². The van der Waals surface area contributed by atoms with E-state index >= 15 is 0 Å². The van der Waals surface area contributed by atoms with Crippen molar-refractivity contribution < 1.29 is 35.9 Å². The summed E-state index contributed by atoms with van der Waals surface area (Å²) in [6.07, 6.45) is -6.60. The molecule has 1 aromatic carbocycles. The zero-order valence-corrected chi connectivity index (χ0v) is 15.5. The van der Waals surface area contributed by atoms with Gasteiger partial charge in [0.05, 0.1) is 11.1 Å². The molecule has 29 heavy (non-hydrogen) atoms. The van der Waals surface area contributed by atoms with Gasteiger partial charge in [-0.1, -0.05) is 24.3 Å². The molecule has 0 N–H and O–H groups in total. The van der Waals surface area contributed by atoms with E-state index in [1.807, 2.05) is 0 Å². The van der Waals surface area contributed by atoms with Crippen molar-refractivity contribution in [1.82, 2.24) is 4.90 Å². The van der Waals surface area contributed by atoms with Crippen LogP contribution in [0, 0.1) is 0 Å². The highest BCUT2D eigenvalue weighted by Gasteiger charge is 2.39. The molecule has 1 unspecified atom stereocenters. The third kappa shape index (κ3) is 5.71. The summed E-state index contributed by atoms with van der Waals surface area (Å²) < 4.78 is 78.4. The number of benzene rings is 1. The average Bonchev–Trinajstić information content (AvgIpc) is 2.59. The number of halogens is 6. The molecule has 0 aromatic heterocycles. The smallest absolute Gasteiger partial charge is 0.334 e. The lowest BCUT2D eigenvalue weighted by molar-refractivity contribution is -0.143. The number of alkyl halides is 6. The number of rotatable bonds is 4. The molecule has 1 aromatic rings. The van der Waals surface area contributed by atoms with Crippen LogP contribution < -0.4 is 0 Å². The minimum absolute atomic E-state index is 0.0105. The van der Waals surface area contributed by atoms with Gasteiger partial charge in [0.25, 0.3) is 5.91 Å². The Morgan fingerprint density at radius 3 is 2.17 bits per heavy atom. The molecule has 1 atom stereocenters. The molecule has 1 amide bonds. The maximum Gasteiger partial charge on any atom is 0.416 e. The summed E-state index contributed by atoms with van der Waals surface area (Å²) in [7, 11) is 0. The fourth-order valence-corrected chi connectivity index (χ4v) is 3.20. The van der Waals surface area contributed by atoms with E-state index in [1.165, 1.54) is 0 Å². The Labute approximate surface area is 163 Å². The molecule has 9 heteroatoms. The number of Topliss-reactive ketones (excluding diaryl/α,β-unsaturated/α-hetero) is 1. The van der Waals surface area contributed by atoms with Crippen LogP contribution in [0.3, 0.4) is 0 Å². The number of amides is 1. The molecule has 1 saturated heterocycles. The summed E-state index contributed by atoms with van der Waals surface area (Å²) >= 11 is 0. The minimum atomic E-state index is -5.05. The highest BCUT2D eigenvalue weighted by Crippen LogP contribution is 2.37. The van der Waals surface area contributed by atoms with Gasteiger partial charge in [-0.15, -0.1) is 0 Å². The van der Waals surface area contributed by atoms with Gasteiger partial charge in [-0.05, 0) is 31.5 Å². The van der Waals surface area contributed by atoms with E-state index in [1.54, 1.807) is 19.1 Å². The lowest BCUT2D eigenvalue weighted by atomic mass is 9.93. The largest absolute Gasteiger partial charge is 0.416 e. The zero-order valence-electron chi connectivity index (χ0n) is 15.5. The fraction of sp³-hybridized carbons (Fsp3) is 0.400. The average molecular weight is 419 g/mol. The van der Waals surface area contributed by atoms with Crippen LogP contribution in [0.5, 0.6) is 0 Å². The maximum atomic E-state index is 13.1. The first-order chi connectivity index (χ1) is 13.3. The Morgan fingerprint density at radius 2 is 1.69 bits per heavy atom. The molecule has 158 valence electrons.